The Morgan fingerprint density at radius 3 is 2.61 bits per heavy atom. The zero-order chi connectivity index (χ0) is 22.6. The van der Waals surface area contributed by atoms with E-state index in [0.29, 0.717) is 12.2 Å². The molecule has 4 aromatic rings. The fourth-order valence-corrected chi connectivity index (χ4v) is 3.74. The summed E-state index contributed by atoms with van der Waals surface area (Å²) in [6, 6.07) is 17.8. The van der Waals surface area contributed by atoms with Crippen molar-refractivity contribution in [3.8, 4) is 11.3 Å². The summed E-state index contributed by atoms with van der Waals surface area (Å²) in [6.45, 7) is 3.88. The van der Waals surface area contributed by atoms with Crippen LogP contribution in [0.2, 0.25) is 0 Å². The molecule has 5 rings (SSSR count). The zero-order valence-electron chi connectivity index (χ0n) is 17.8. The van der Waals surface area contributed by atoms with Crippen LogP contribution in [-0.2, 0) is 11.3 Å². The number of nitrogens with zero attached hydrogens (tertiary/aromatic N) is 5. The topological polar surface area (TPSA) is 117 Å². The van der Waals surface area contributed by atoms with E-state index >= 15 is 0 Å². The van der Waals surface area contributed by atoms with E-state index in [2.05, 4.69) is 30.6 Å². The first-order chi connectivity index (χ1) is 16.2. The van der Waals surface area contributed by atoms with Gasteiger partial charge in [-0.3, -0.25) is 5.32 Å². The lowest BCUT2D eigenvalue weighted by Gasteiger charge is -2.27. The number of pyridine rings is 2. The number of amides is 1. The average molecular weight is 445 g/mol. The van der Waals surface area contributed by atoms with Crippen LogP contribution in [0.3, 0.4) is 0 Å². The molecule has 1 amide bonds. The Balaban J connectivity index is 1.25. The Kier molecular flexibility index (Phi) is 5.73. The average Bonchev–Trinajstić information content (AvgIpc) is 3.26. The third kappa shape index (κ3) is 4.70. The Bertz CT molecular complexity index is 1250. The van der Waals surface area contributed by atoms with Gasteiger partial charge in [0.15, 0.2) is 5.65 Å². The Morgan fingerprint density at radius 2 is 1.88 bits per heavy atom. The molecule has 0 radical (unpaired) electrons. The molecule has 4 heterocycles. The van der Waals surface area contributed by atoms with Gasteiger partial charge < -0.3 is 20.1 Å². The lowest BCUT2D eigenvalue weighted by molar-refractivity contribution is 0.122. The van der Waals surface area contributed by atoms with Gasteiger partial charge in [-0.15, -0.1) is 5.10 Å². The minimum absolute atomic E-state index is 0.0454. The number of nitrogens with one attached hydrogen (secondary N) is 2. The van der Waals surface area contributed by atoms with Crippen LogP contribution in [0.5, 0.6) is 0 Å². The highest BCUT2D eigenvalue weighted by Gasteiger charge is 2.12. The Hall–Kier alpha value is -4.18. The van der Waals surface area contributed by atoms with E-state index in [1.54, 1.807) is 10.6 Å². The summed E-state index contributed by atoms with van der Waals surface area (Å²) < 4.78 is 7.02. The van der Waals surface area contributed by atoms with Crippen LogP contribution < -0.4 is 15.5 Å². The van der Waals surface area contributed by atoms with Crippen molar-refractivity contribution in [3.05, 3.63) is 66.4 Å². The van der Waals surface area contributed by atoms with E-state index < -0.39 is 6.09 Å². The molecule has 1 fully saturated rings. The first kappa shape index (κ1) is 20.7. The summed E-state index contributed by atoms with van der Waals surface area (Å²) in [5.74, 6) is 1.02. The molecular formula is C23H23N7O3. The van der Waals surface area contributed by atoms with E-state index in [0.717, 1.165) is 54.6 Å². The number of benzene rings is 1. The van der Waals surface area contributed by atoms with Gasteiger partial charge in [0.1, 0.15) is 5.82 Å². The maximum Gasteiger partial charge on any atom is 0.411 e. The summed E-state index contributed by atoms with van der Waals surface area (Å²) in [6.07, 6.45) is 0.656. The van der Waals surface area contributed by atoms with E-state index in [1.165, 1.54) is 0 Å². The van der Waals surface area contributed by atoms with E-state index in [1.807, 2.05) is 54.7 Å². The number of rotatable bonds is 6. The third-order valence-corrected chi connectivity index (χ3v) is 5.41. The molecule has 0 atom stereocenters. The molecule has 0 saturated carbocycles. The second kappa shape index (κ2) is 9.13. The molecule has 168 valence electrons. The maximum absolute atomic E-state index is 10.9. The van der Waals surface area contributed by atoms with Crippen molar-refractivity contribution in [1.82, 2.24) is 19.6 Å². The van der Waals surface area contributed by atoms with Crippen LogP contribution in [0, 0.1) is 0 Å². The molecule has 0 spiro atoms. The summed E-state index contributed by atoms with van der Waals surface area (Å²) in [5, 5.41) is 18.7. The van der Waals surface area contributed by atoms with Crippen LogP contribution in [0.1, 0.15) is 5.56 Å². The summed E-state index contributed by atoms with van der Waals surface area (Å²) >= 11 is 0. The number of carboxylic acid groups (broad SMARTS) is 1. The minimum Gasteiger partial charge on any atom is -0.465 e. The van der Waals surface area contributed by atoms with Gasteiger partial charge in [-0.1, -0.05) is 30.3 Å². The van der Waals surface area contributed by atoms with Gasteiger partial charge in [-0.2, -0.15) is 4.98 Å². The van der Waals surface area contributed by atoms with Crippen LogP contribution in [0.15, 0.2) is 60.8 Å². The highest BCUT2D eigenvalue weighted by atomic mass is 16.5. The fraction of sp³-hybridized carbons (Fsp3) is 0.217. The van der Waals surface area contributed by atoms with Gasteiger partial charge in [0.2, 0.25) is 0 Å². The van der Waals surface area contributed by atoms with Gasteiger partial charge in [0, 0.05) is 25.2 Å². The molecule has 3 aromatic heterocycles. The first-order valence-electron chi connectivity index (χ1n) is 10.6. The van der Waals surface area contributed by atoms with Gasteiger partial charge in [-0.05, 0) is 29.8 Å². The number of aromatic nitrogens is 4. The van der Waals surface area contributed by atoms with Gasteiger partial charge >= 0.3 is 6.09 Å². The molecule has 0 unspecified atom stereocenters. The summed E-state index contributed by atoms with van der Waals surface area (Å²) in [7, 11) is 0. The smallest absolute Gasteiger partial charge is 0.411 e. The predicted molar refractivity (Wildman–Crippen MR) is 125 cm³/mol. The van der Waals surface area contributed by atoms with Crippen molar-refractivity contribution < 1.29 is 14.6 Å². The van der Waals surface area contributed by atoms with Crippen molar-refractivity contribution in [2.75, 3.05) is 41.8 Å². The molecule has 0 aliphatic carbocycles. The largest absolute Gasteiger partial charge is 0.465 e. The molecular weight excluding hydrogens is 422 g/mol. The van der Waals surface area contributed by atoms with Crippen LogP contribution in [-0.4, -0.2) is 57.1 Å². The summed E-state index contributed by atoms with van der Waals surface area (Å²) in [5.41, 5.74) is 4.42. The molecule has 33 heavy (non-hydrogen) atoms. The second-order valence-electron chi connectivity index (χ2n) is 7.60. The molecule has 0 bridgehead atoms. The molecule has 1 saturated heterocycles. The second-order valence-corrected chi connectivity index (χ2v) is 7.60. The standard InChI is InChI=1S/C23H23N7O3/c31-23(32)27-22-26-21-3-1-2-19(30(21)28-22)17-6-4-16(5-7-17)14-24-18-8-9-20(25-15-18)29-10-12-33-13-11-29/h1-9,15,24H,10-14H2,(H,27,28)(H,31,32). The third-order valence-electron chi connectivity index (χ3n) is 5.41. The van der Waals surface area contributed by atoms with E-state index in [-0.39, 0.29) is 5.95 Å². The zero-order valence-corrected chi connectivity index (χ0v) is 17.8. The number of fused-ring (bicyclic) bond motifs is 1. The lowest BCUT2D eigenvalue weighted by atomic mass is 10.1. The first-order valence-corrected chi connectivity index (χ1v) is 10.6. The normalized spacial score (nSPS) is 13.8. The number of carbonyl (C=O) groups is 1. The van der Waals surface area contributed by atoms with Crippen molar-refractivity contribution in [2.24, 2.45) is 0 Å². The molecule has 3 N–H and O–H groups in total. The Morgan fingerprint density at radius 1 is 1.06 bits per heavy atom. The van der Waals surface area contributed by atoms with Crippen molar-refractivity contribution in [2.45, 2.75) is 6.54 Å². The number of ether oxygens (including phenoxy) is 1. The monoisotopic (exact) mass is 445 g/mol. The molecule has 1 aliphatic rings. The van der Waals surface area contributed by atoms with Crippen LogP contribution >= 0.6 is 0 Å². The molecule has 1 aromatic carbocycles. The Labute approximate surface area is 189 Å². The molecule has 10 heteroatoms. The van der Waals surface area contributed by atoms with Gasteiger partial charge in [0.25, 0.3) is 5.95 Å². The fourth-order valence-electron chi connectivity index (χ4n) is 3.74. The minimum atomic E-state index is -1.20. The number of hydrogen-bond acceptors (Lipinski definition) is 7. The van der Waals surface area contributed by atoms with Crippen molar-refractivity contribution in [3.63, 3.8) is 0 Å². The van der Waals surface area contributed by atoms with Gasteiger partial charge in [-0.25, -0.2) is 14.3 Å². The molecule has 1 aliphatic heterocycles. The van der Waals surface area contributed by atoms with Gasteiger partial charge in [0.05, 0.1) is 30.8 Å². The highest BCUT2D eigenvalue weighted by molar-refractivity contribution is 5.80. The van der Waals surface area contributed by atoms with E-state index in [4.69, 9.17) is 9.84 Å². The summed E-state index contributed by atoms with van der Waals surface area (Å²) in [4.78, 5) is 21.9. The van der Waals surface area contributed by atoms with Crippen LogP contribution in [0.4, 0.5) is 22.2 Å². The maximum atomic E-state index is 10.9. The number of morpholine rings is 1. The SMILES string of the molecule is O=C(O)Nc1nc2cccc(-c3ccc(CNc4ccc(N5CCOCC5)nc4)cc3)n2n1. The van der Waals surface area contributed by atoms with Crippen molar-refractivity contribution in [1.29, 1.82) is 0 Å². The lowest BCUT2D eigenvalue weighted by Crippen LogP contribution is -2.36. The number of anilines is 3. The number of hydrogen-bond donors (Lipinski definition) is 3. The molecule has 10 nitrogen and oxygen atoms in total. The predicted octanol–water partition coefficient (Wildman–Crippen LogP) is 3.33. The van der Waals surface area contributed by atoms with Crippen molar-refractivity contribution >= 4 is 29.2 Å². The quantitative estimate of drug-likeness (QED) is 0.414. The highest BCUT2D eigenvalue weighted by Crippen LogP contribution is 2.22. The van der Waals surface area contributed by atoms with E-state index in [9.17, 15) is 4.79 Å². The van der Waals surface area contributed by atoms with Crippen LogP contribution in [0.25, 0.3) is 16.9 Å².